The first kappa shape index (κ1) is 16.5. The fourth-order valence-corrected chi connectivity index (χ4v) is 2.92. The lowest BCUT2D eigenvalue weighted by molar-refractivity contribution is 0.0147. The molecule has 1 aliphatic heterocycles. The number of hydrogen-bond acceptors (Lipinski definition) is 4. The van der Waals surface area contributed by atoms with Crippen LogP contribution < -0.4 is 10.1 Å². The molecule has 23 heavy (non-hydrogen) atoms. The van der Waals surface area contributed by atoms with E-state index in [0.717, 1.165) is 18.7 Å². The van der Waals surface area contributed by atoms with Crippen molar-refractivity contribution >= 4 is 23.2 Å². The molecule has 2 aromatic rings. The van der Waals surface area contributed by atoms with E-state index in [2.05, 4.69) is 10.3 Å². The molecular weight excluding hydrogens is 335 g/mol. The number of hydrogen-bond donors (Lipinski definition) is 1. The summed E-state index contributed by atoms with van der Waals surface area (Å²) in [6.45, 7) is 2.77. The summed E-state index contributed by atoms with van der Waals surface area (Å²) in [7, 11) is 0. The molecule has 1 saturated heterocycles. The van der Waals surface area contributed by atoms with Crippen molar-refractivity contribution in [3.8, 4) is 5.88 Å². The second-order valence-electron chi connectivity index (χ2n) is 5.41. The van der Waals surface area contributed by atoms with Crippen LogP contribution in [0.15, 0.2) is 42.6 Å². The van der Waals surface area contributed by atoms with Gasteiger partial charge in [-0.05, 0) is 23.8 Å². The van der Waals surface area contributed by atoms with E-state index < -0.39 is 0 Å². The Labute approximate surface area is 145 Å². The molecule has 0 saturated carbocycles. The molecule has 122 valence electrons. The van der Waals surface area contributed by atoms with Crippen LogP contribution in [0, 0.1) is 5.92 Å². The van der Waals surface area contributed by atoms with E-state index in [0.29, 0.717) is 29.1 Å². The maximum Gasteiger partial charge on any atom is 0.213 e. The average Bonchev–Trinajstić information content (AvgIpc) is 2.82. The van der Waals surface area contributed by atoms with Gasteiger partial charge in [0.2, 0.25) is 5.88 Å². The van der Waals surface area contributed by atoms with E-state index in [-0.39, 0.29) is 12.0 Å². The lowest BCUT2D eigenvalue weighted by Crippen LogP contribution is -2.29. The van der Waals surface area contributed by atoms with Gasteiger partial charge in [0.15, 0.2) is 0 Å². The van der Waals surface area contributed by atoms with Crippen LogP contribution >= 0.6 is 23.2 Å². The first-order valence-corrected chi connectivity index (χ1v) is 8.31. The Morgan fingerprint density at radius 1 is 1.22 bits per heavy atom. The van der Waals surface area contributed by atoms with Crippen molar-refractivity contribution in [2.24, 2.45) is 5.92 Å². The fourth-order valence-electron chi connectivity index (χ4n) is 2.62. The number of ether oxygens (including phenoxy) is 2. The van der Waals surface area contributed by atoms with Crippen LogP contribution in [0.1, 0.15) is 11.7 Å². The topological polar surface area (TPSA) is 43.4 Å². The van der Waals surface area contributed by atoms with Gasteiger partial charge in [0, 0.05) is 31.3 Å². The van der Waals surface area contributed by atoms with Crippen molar-refractivity contribution in [1.82, 2.24) is 10.3 Å². The smallest absolute Gasteiger partial charge is 0.213 e. The summed E-state index contributed by atoms with van der Waals surface area (Å²) in [6.07, 6.45) is 1.62. The van der Waals surface area contributed by atoms with Gasteiger partial charge >= 0.3 is 0 Å². The Bertz CT molecular complexity index is 640. The van der Waals surface area contributed by atoms with E-state index in [1.54, 1.807) is 12.3 Å². The third kappa shape index (κ3) is 4.36. The van der Waals surface area contributed by atoms with Gasteiger partial charge in [0.25, 0.3) is 0 Å². The second-order valence-corrected chi connectivity index (χ2v) is 6.22. The van der Waals surface area contributed by atoms with Crippen molar-refractivity contribution < 1.29 is 9.47 Å². The maximum atomic E-state index is 6.15. The quantitative estimate of drug-likeness (QED) is 0.909. The number of nitrogens with one attached hydrogen (secondary N) is 1. The maximum absolute atomic E-state index is 6.15. The molecule has 2 heterocycles. The molecule has 1 N–H and O–H groups in total. The molecule has 1 aromatic carbocycles. The third-order valence-electron chi connectivity index (χ3n) is 3.77. The number of benzene rings is 1. The molecule has 2 atom stereocenters. The molecular formula is C17H18Cl2N2O2. The van der Waals surface area contributed by atoms with Crippen LogP contribution in [0.4, 0.5) is 0 Å². The molecule has 1 fully saturated rings. The Balaban J connectivity index is 1.75. The molecule has 0 aliphatic carbocycles. The summed E-state index contributed by atoms with van der Waals surface area (Å²) in [5, 5.41) is 4.46. The molecule has 1 aliphatic rings. The van der Waals surface area contributed by atoms with Crippen LogP contribution in [-0.4, -0.2) is 31.3 Å². The van der Waals surface area contributed by atoms with E-state index in [1.165, 1.54) is 0 Å². The molecule has 0 unspecified atom stereocenters. The van der Waals surface area contributed by atoms with Crippen LogP contribution in [-0.2, 0) is 4.74 Å². The standard InChI is InChI=1S/C17H18Cl2N2O2/c18-14-5-4-12(9-15(14)19)17-13(10-20-7-8-22-17)11-23-16-3-1-2-6-21-16/h1-6,9,13,17,20H,7-8,10-11H2/t13-,17-/m0/s1. The fraction of sp³-hybridized carbons (Fsp3) is 0.353. The van der Waals surface area contributed by atoms with Crippen LogP contribution in [0.2, 0.25) is 10.0 Å². The van der Waals surface area contributed by atoms with Crippen LogP contribution in [0.25, 0.3) is 0 Å². The van der Waals surface area contributed by atoms with Gasteiger partial charge in [-0.15, -0.1) is 0 Å². The highest BCUT2D eigenvalue weighted by Gasteiger charge is 2.27. The molecule has 0 spiro atoms. The van der Waals surface area contributed by atoms with E-state index in [1.807, 2.05) is 30.3 Å². The minimum absolute atomic E-state index is 0.0940. The molecule has 0 amide bonds. The highest BCUT2D eigenvalue weighted by Crippen LogP contribution is 2.32. The zero-order chi connectivity index (χ0) is 16.1. The van der Waals surface area contributed by atoms with Gasteiger partial charge in [-0.25, -0.2) is 4.98 Å². The summed E-state index contributed by atoms with van der Waals surface area (Å²) in [5.41, 5.74) is 1.01. The predicted octanol–water partition coefficient (Wildman–Crippen LogP) is 3.74. The van der Waals surface area contributed by atoms with Crippen molar-refractivity contribution in [3.63, 3.8) is 0 Å². The van der Waals surface area contributed by atoms with Gasteiger partial charge in [-0.2, -0.15) is 0 Å². The summed E-state index contributed by atoms with van der Waals surface area (Å²) in [6, 6.07) is 11.2. The number of rotatable bonds is 4. The molecule has 3 rings (SSSR count). The molecule has 1 aromatic heterocycles. The van der Waals surface area contributed by atoms with Gasteiger partial charge < -0.3 is 14.8 Å². The minimum atomic E-state index is -0.0940. The predicted molar refractivity (Wildman–Crippen MR) is 91.2 cm³/mol. The van der Waals surface area contributed by atoms with E-state index >= 15 is 0 Å². The zero-order valence-electron chi connectivity index (χ0n) is 12.5. The highest BCUT2D eigenvalue weighted by atomic mass is 35.5. The average molecular weight is 353 g/mol. The summed E-state index contributed by atoms with van der Waals surface area (Å²) < 4.78 is 11.8. The monoisotopic (exact) mass is 352 g/mol. The number of aromatic nitrogens is 1. The Kier molecular flexibility index (Phi) is 5.73. The SMILES string of the molecule is Clc1ccc([C@@H]2OCCNC[C@H]2COc2ccccn2)cc1Cl. The van der Waals surface area contributed by atoms with E-state index in [4.69, 9.17) is 32.7 Å². The van der Waals surface area contributed by atoms with Gasteiger partial charge in [-0.1, -0.05) is 35.3 Å². The summed E-state index contributed by atoms with van der Waals surface area (Å²) in [5.74, 6) is 0.765. The minimum Gasteiger partial charge on any atom is -0.477 e. The number of halogens is 2. The highest BCUT2D eigenvalue weighted by molar-refractivity contribution is 6.42. The molecule has 0 radical (unpaired) electrons. The summed E-state index contributed by atoms with van der Waals surface area (Å²) >= 11 is 12.2. The lowest BCUT2D eigenvalue weighted by Gasteiger charge is -2.25. The zero-order valence-corrected chi connectivity index (χ0v) is 14.1. The number of pyridine rings is 1. The first-order valence-electron chi connectivity index (χ1n) is 7.55. The van der Waals surface area contributed by atoms with Crippen LogP contribution in [0.5, 0.6) is 5.88 Å². The Morgan fingerprint density at radius 3 is 2.91 bits per heavy atom. The van der Waals surface area contributed by atoms with Gasteiger partial charge in [-0.3, -0.25) is 0 Å². The normalized spacial score (nSPS) is 21.7. The van der Waals surface area contributed by atoms with Crippen LogP contribution in [0.3, 0.4) is 0 Å². The number of nitrogens with zero attached hydrogens (tertiary/aromatic N) is 1. The molecule has 4 nitrogen and oxygen atoms in total. The van der Waals surface area contributed by atoms with E-state index in [9.17, 15) is 0 Å². The van der Waals surface area contributed by atoms with Gasteiger partial charge in [0.05, 0.1) is 29.4 Å². The molecule has 0 bridgehead atoms. The van der Waals surface area contributed by atoms with Gasteiger partial charge in [0.1, 0.15) is 0 Å². The van der Waals surface area contributed by atoms with Crippen molar-refractivity contribution in [3.05, 3.63) is 58.2 Å². The molecule has 6 heteroatoms. The first-order chi connectivity index (χ1) is 11.2. The van der Waals surface area contributed by atoms with Crippen molar-refractivity contribution in [2.45, 2.75) is 6.10 Å². The van der Waals surface area contributed by atoms with Crippen molar-refractivity contribution in [2.75, 3.05) is 26.3 Å². The van der Waals surface area contributed by atoms with Crippen molar-refractivity contribution in [1.29, 1.82) is 0 Å². The second kappa shape index (κ2) is 7.97. The largest absolute Gasteiger partial charge is 0.477 e. The summed E-state index contributed by atoms with van der Waals surface area (Å²) in [4.78, 5) is 4.19. The Hall–Kier alpha value is -1.33. The third-order valence-corrected chi connectivity index (χ3v) is 4.51. The lowest BCUT2D eigenvalue weighted by atomic mass is 9.96. The Morgan fingerprint density at radius 2 is 2.13 bits per heavy atom.